The molecule has 20 heavy (non-hydrogen) atoms. The molecule has 0 aliphatic carbocycles. The number of aryl methyl sites for hydroxylation is 2. The molecule has 0 amide bonds. The third kappa shape index (κ3) is 2.77. The molecule has 3 heteroatoms. The smallest absolute Gasteiger partial charge is 0.231 e. The molecule has 3 aromatic rings. The first-order valence-corrected chi connectivity index (χ1v) is 6.66. The van der Waals surface area contributed by atoms with Crippen molar-refractivity contribution in [1.82, 2.24) is 10.1 Å². The lowest BCUT2D eigenvalue weighted by Gasteiger charge is -1.97. The molecular weight excluding hydrogens is 248 g/mol. The van der Waals surface area contributed by atoms with Crippen molar-refractivity contribution in [2.24, 2.45) is 0 Å². The number of hydrogen-bond donors (Lipinski definition) is 0. The molecule has 0 fully saturated rings. The van der Waals surface area contributed by atoms with E-state index in [1.54, 1.807) is 0 Å². The Labute approximate surface area is 118 Å². The SMILES string of the molecule is Cc1ccc(Cc2nc(-c3ccc(C)cc3)no2)cc1. The molecule has 3 nitrogen and oxygen atoms in total. The molecule has 2 aromatic carbocycles. The van der Waals surface area contributed by atoms with Crippen molar-refractivity contribution in [2.45, 2.75) is 20.3 Å². The first kappa shape index (κ1) is 12.6. The van der Waals surface area contributed by atoms with Gasteiger partial charge in [0.1, 0.15) is 0 Å². The summed E-state index contributed by atoms with van der Waals surface area (Å²) in [4.78, 5) is 4.45. The minimum atomic E-state index is 0.643. The van der Waals surface area contributed by atoms with Crippen molar-refractivity contribution < 1.29 is 4.52 Å². The van der Waals surface area contributed by atoms with Gasteiger partial charge < -0.3 is 4.52 Å². The summed E-state index contributed by atoms with van der Waals surface area (Å²) < 4.78 is 5.32. The lowest BCUT2D eigenvalue weighted by atomic mass is 10.1. The number of aromatic nitrogens is 2. The maximum atomic E-state index is 5.32. The first-order chi connectivity index (χ1) is 9.70. The van der Waals surface area contributed by atoms with Crippen molar-refractivity contribution >= 4 is 0 Å². The standard InChI is InChI=1S/C17H16N2O/c1-12-3-7-14(8-4-12)11-16-18-17(19-20-16)15-9-5-13(2)6-10-15/h3-10H,11H2,1-2H3. The van der Waals surface area contributed by atoms with Crippen molar-refractivity contribution in [1.29, 1.82) is 0 Å². The molecule has 1 heterocycles. The van der Waals surface area contributed by atoms with E-state index >= 15 is 0 Å². The normalized spacial score (nSPS) is 10.7. The second kappa shape index (κ2) is 5.29. The minimum absolute atomic E-state index is 0.643. The maximum Gasteiger partial charge on any atom is 0.231 e. The van der Waals surface area contributed by atoms with E-state index in [4.69, 9.17) is 4.52 Å². The van der Waals surface area contributed by atoms with Gasteiger partial charge >= 0.3 is 0 Å². The van der Waals surface area contributed by atoms with E-state index < -0.39 is 0 Å². The molecule has 100 valence electrons. The van der Waals surface area contributed by atoms with Gasteiger partial charge in [-0.1, -0.05) is 64.8 Å². The maximum absolute atomic E-state index is 5.32. The highest BCUT2D eigenvalue weighted by atomic mass is 16.5. The Morgan fingerprint density at radius 2 is 1.45 bits per heavy atom. The third-order valence-electron chi connectivity index (χ3n) is 3.25. The van der Waals surface area contributed by atoms with Gasteiger partial charge in [-0.25, -0.2) is 0 Å². The lowest BCUT2D eigenvalue weighted by molar-refractivity contribution is 0.385. The second-order valence-electron chi connectivity index (χ2n) is 5.04. The van der Waals surface area contributed by atoms with Crippen LogP contribution in [0.2, 0.25) is 0 Å². The summed E-state index contributed by atoms with van der Waals surface area (Å²) in [5.41, 5.74) is 4.63. The van der Waals surface area contributed by atoms with Crippen molar-refractivity contribution in [3.05, 3.63) is 71.1 Å². The Morgan fingerprint density at radius 1 is 0.850 bits per heavy atom. The highest BCUT2D eigenvalue weighted by Gasteiger charge is 2.08. The highest BCUT2D eigenvalue weighted by Crippen LogP contribution is 2.17. The molecule has 0 bridgehead atoms. The van der Waals surface area contributed by atoms with Crippen LogP contribution < -0.4 is 0 Å². The van der Waals surface area contributed by atoms with Crippen molar-refractivity contribution in [2.75, 3.05) is 0 Å². The average Bonchev–Trinajstić information content (AvgIpc) is 2.91. The molecule has 0 saturated carbocycles. The van der Waals surface area contributed by atoms with Crippen LogP contribution in [0.4, 0.5) is 0 Å². The molecular formula is C17H16N2O. The Kier molecular flexibility index (Phi) is 3.33. The van der Waals surface area contributed by atoms with Gasteiger partial charge in [-0.3, -0.25) is 0 Å². The molecule has 3 rings (SSSR count). The number of benzene rings is 2. The fraction of sp³-hybridized carbons (Fsp3) is 0.176. The van der Waals surface area contributed by atoms with Crippen LogP contribution in [0.1, 0.15) is 22.6 Å². The fourth-order valence-corrected chi connectivity index (χ4v) is 2.03. The summed E-state index contributed by atoms with van der Waals surface area (Å²) >= 11 is 0. The largest absolute Gasteiger partial charge is 0.339 e. The van der Waals surface area contributed by atoms with E-state index in [2.05, 4.69) is 48.3 Å². The van der Waals surface area contributed by atoms with Crippen molar-refractivity contribution in [3.63, 3.8) is 0 Å². The van der Waals surface area contributed by atoms with E-state index in [0.29, 0.717) is 18.1 Å². The topological polar surface area (TPSA) is 38.9 Å². The van der Waals surface area contributed by atoms with Crippen LogP contribution >= 0.6 is 0 Å². The minimum Gasteiger partial charge on any atom is -0.339 e. The van der Waals surface area contributed by atoms with Gasteiger partial charge in [0.25, 0.3) is 0 Å². The number of hydrogen-bond acceptors (Lipinski definition) is 3. The monoisotopic (exact) mass is 264 g/mol. The van der Waals surface area contributed by atoms with Crippen molar-refractivity contribution in [3.8, 4) is 11.4 Å². The average molecular weight is 264 g/mol. The van der Waals surface area contributed by atoms with Crippen LogP contribution in [-0.4, -0.2) is 10.1 Å². The molecule has 0 aliphatic rings. The van der Waals surface area contributed by atoms with Crippen LogP contribution in [0.3, 0.4) is 0 Å². The predicted octanol–water partition coefficient (Wildman–Crippen LogP) is 3.94. The van der Waals surface area contributed by atoms with Gasteiger partial charge in [0, 0.05) is 5.56 Å². The van der Waals surface area contributed by atoms with E-state index in [0.717, 1.165) is 5.56 Å². The highest BCUT2D eigenvalue weighted by molar-refractivity contribution is 5.54. The second-order valence-corrected chi connectivity index (χ2v) is 5.04. The zero-order valence-electron chi connectivity index (χ0n) is 11.6. The Hall–Kier alpha value is -2.42. The van der Waals surface area contributed by atoms with Crippen LogP contribution in [0, 0.1) is 13.8 Å². The first-order valence-electron chi connectivity index (χ1n) is 6.66. The van der Waals surface area contributed by atoms with Crippen LogP contribution in [0.15, 0.2) is 53.1 Å². The van der Waals surface area contributed by atoms with Gasteiger partial charge in [0.05, 0.1) is 6.42 Å². The van der Waals surface area contributed by atoms with Gasteiger partial charge in [-0.05, 0) is 19.4 Å². The van der Waals surface area contributed by atoms with Gasteiger partial charge in [-0.15, -0.1) is 0 Å². The fourth-order valence-electron chi connectivity index (χ4n) is 2.03. The summed E-state index contributed by atoms with van der Waals surface area (Å²) in [6.45, 7) is 4.13. The van der Waals surface area contributed by atoms with Crippen LogP contribution in [0.25, 0.3) is 11.4 Å². The molecule has 0 N–H and O–H groups in total. The Bertz CT molecular complexity index is 697. The molecule has 0 aliphatic heterocycles. The Morgan fingerprint density at radius 3 is 2.10 bits per heavy atom. The molecule has 0 radical (unpaired) electrons. The molecule has 0 spiro atoms. The summed E-state index contributed by atoms with van der Waals surface area (Å²) in [5.74, 6) is 1.29. The zero-order chi connectivity index (χ0) is 13.9. The third-order valence-corrected chi connectivity index (χ3v) is 3.25. The van der Waals surface area contributed by atoms with Crippen LogP contribution in [0.5, 0.6) is 0 Å². The van der Waals surface area contributed by atoms with Gasteiger partial charge in [0.2, 0.25) is 11.7 Å². The van der Waals surface area contributed by atoms with Gasteiger partial charge in [0.15, 0.2) is 0 Å². The van der Waals surface area contributed by atoms with E-state index in [1.165, 1.54) is 16.7 Å². The number of nitrogens with zero attached hydrogens (tertiary/aromatic N) is 2. The predicted molar refractivity (Wildman–Crippen MR) is 78.5 cm³/mol. The molecule has 1 aromatic heterocycles. The Balaban J connectivity index is 1.80. The molecule has 0 saturated heterocycles. The number of rotatable bonds is 3. The van der Waals surface area contributed by atoms with E-state index in [-0.39, 0.29) is 0 Å². The summed E-state index contributed by atoms with van der Waals surface area (Å²) in [7, 11) is 0. The van der Waals surface area contributed by atoms with E-state index in [1.807, 2.05) is 24.3 Å². The molecule has 0 unspecified atom stereocenters. The zero-order valence-corrected chi connectivity index (χ0v) is 11.6. The lowest BCUT2D eigenvalue weighted by Crippen LogP contribution is -1.88. The molecule has 0 atom stereocenters. The van der Waals surface area contributed by atoms with Crippen LogP contribution in [-0.2, 0) is 6.42 Å². The quantitative estimate of drug-likeness (QED) is 0.719. The van der Waals surface area contributed by atoms with Gasteiger partial charge in [-0.2, -0.15) is 4.98 Å². The summed E-state index contributed by atoms with van der Waals surface area (Å²) in [6.07, 6.45) is 0.666. The van der Waals surface area contributed by atoms with E-state index in [9.17, 15) is 0 Å². The summed E-state index contributed by atoms with van der Waals surface area (Å²) in [6, 6.07) is 16.5. The summed E-state index contributed by atoms with van der Waals surface area (Å²) in [5, 5.41) is 4.04.